The molecule has 0 fully saturated rings. The maximum absolute atomic E-state index is 11.9. The van der Waals surface area contributed by atoms with Crippen LogP contribution in [-0.4, -0.2) is 22.4 Å². The highest BCUT2D eigenvalue weighted by molar-refractivity contribution is 7.18. The molecule has 8 nitrogen and oxygen atoms in total. The molecule has 0 unspecified atom stereocenters. The molecule has 1 amide bonds. The van der Waals surface area contributed by atoms with Crippen LogP contribution in [0.5, 0.6) is 17.2 Å². The molecule has 2 aromatic carbocycles. The highest BCUT2D eigenvalue weighted by Crippen LogP contribution is 2.26. The average molecular weight is 371 g/mol. The van der Waals surface area contributed by atoms with Crippen molar-refractivity contribution in [1.29, 1.82) is 0 Å². The summed E-state index contributed by atoms with van der Waals surface area (Å²) in [5, 5.41) is 13.0. The molecule has 9 heteroatoms. The highest BCUT2D eigenvalue weighted by atomic mass is 32.1. The van der Waals surface area contributed by atoms with E-state index in [9.17, 15) is 14.9 Å². The number of nitro groups is 1. The van der Waals surface area contributed by atoms with Gasteiger partial charge < -0.3 is 9.47 Å². The van der Waals surface area contributed by atoms with Crippen LogP contribution in [0.2, 0.25) is 0 Å². The fourth-order valence-corrected chi connectivity index (χ4v) is 2.61. The van der Waals surface area contributed by atoms with Crippen LogP contribution in [0, 0.1) is 10.1 Å². The quantitative estimate of drug-likeness (QED) is 0.499. The Morgan fingerprint density at radius 1 is 1.12 bits per heavy atom. The Morgan fingerprint density at radius 2 is 1.85 bits per heavy atom. The number of anilines is 1. The van der Waals surface area contributed by atoms with E-state index in [1.165, 1.54) is 0 Å². The van der Waals surface area contributed by atoms with Crippen molar-refractivity contribution < 1.29 is 19.2 Å². The number of carbonyl (C=O) groups is 1. The smallest absolute Gasteiger partial charge is 0.345 e. The molecule has 0 saturated carbocycles. The molecular formula is C17H13N3O5S. The highest BCUT2D eigenvalue weighted by Gasteiger charge is 2.13. The molecule has 1 N–H and O–H groups in total. The van der Waals surface area contributed by atoms with Gasteiger partial charge >= 0.3 is 5.00 Å². The van der Waals surface area contributed by atoms with E-state index in [2.05, 4.69) is 10.3 Å². The normalized spacial score (nSPS) is 10.2. The molecule has 1 heterocycles. The predicted molar refractivity (Wildman–Crippen MR) is 95.9 cm³/mol. The number of nitrogens with one attached hydrogen (secondary N) is 1. The van der Waals surface area contributed by atoms with Gasteiger partial charge in [-0.3, -0.25) is 20.2 Å². The number of carbonyl (C=O) groups excluding carboxylic acids is 1. The summed E-state index contributed by atoms with van der Waals surface area (Å²) in [6, 6.07) is 16.1. The van der Waals surface area contributed by atoms with Crippen molar-refractivity contribution >= 4 is 27.4 Å². The first kappa shape index (κ1) is 17.4. The van der Waals surface area contributed by atoms with Gasteiger partial charge in [0, 0.05) is 6.07 Å². The van der Waals surface area contributed by atoms with E-state index in [1.807, 2.05) is 30.3 Å². The van der Waals surface area contributed by atoms with Gasteiger partial charge in [-0.05, 0) is 35.6 Å². The van der Waals surface area contributed by atoms with Crippen LogP contribution >= 0.6 is 11.3 Å². The van der Waals surface area contributed by atoms with Crippen LogP contribution in [-0.2, 0) is 4.79 Å². The maximum atomic E-state index is 11.9. The van der Waals surface area contributed by atoms with Gasteiger partial charge in [-0.15, -0.1) is 0 Å². The second-order valence-electron chi connectivity index (χ2n) is 4.99. The molecule has 0 radical (unpaired) electrons. The molecule has 132 valence electrons. The van der Waals surface area contributed by atoms with Gasteiger partial charge in [-0.2, -0.15) is 0 Å². The molecule has 3 aromatic rings. The number of ether oxygens (including phenoxy) is 2. The Labute approximate surface area is 152 Å². The number of para-hydroxylation sites is 1. The van der Waals surface area contributed by atoms with Crippen molar-refractivity contribution in [2.45, 2.75) is 0 Å². The first-order valence-corrected chi connectivity index (χ1v) is 8.27. The van der Waals surface area contributed by atoms with Crippen molar-refractivity contribution in [3.63, 3.8) is 0 Å². The zero-order valence-electron chi connectivity index (χ0n) is 13.3. The molecule has 0 aliphatic carbocycles. The zero-order valence-corrected chi connectivity index (χ0v) is 14.1. The van der Waals surface area contributed by atoms with Gasteiger partial charge in [0.05, 0.1) is 4.92 Å². The Kier molecular flexibility index (Phi) is 5.40. The van der Waals surface area contributed by atoms with Crippen LogP contribution in [0.4, 0.5) is 10.1 Å². The Bertz CT molecular complexity index is 914. The molecule has 0 saturated heterocycles. The Morgan fingerprint density at radius 3 is 2.58 bits per heavy atom. The van der Waals surface area contributed by atoms with Gasteiger partial charge in [-0.25, -0.2) is 4.98 Å². The monoisotopic (exact) mass is 371 g/mol. The van der Waals surface area contributed by atoms with E-state index >= 15 is 0 Å². The van der Waals surface area contributed by atoms with E-state index in [-0.39, 0.29) is 16.7 Å². The van der Waals surface area contributed by atoms with E-state index < -0.39 is 10.8 Å². The van der Waals surface area contributed by atoms with Crippen molar-refractivity contribution in [2.75, 3.05) is 11.9 Å². The number of nitrogens with zero attached hydrogens (tertiary/aromatic N) is 2. The van der Waals surface area contributed by atoms with Crippen LogP contribution in [0.1, 0.15) is 0 Å². The third-order valence-electron chi connectivity index (χ3n) is 3.07. The van der Waals surface area contributed by atoms with Crippen LogP contribution in [0.3, 0.4) is 0 Å². The van der Waals surface area contributed by atoms with Crippen LogP contribution < -0.4 is 14.8 Å². The number of rotatable bonds is 7. The summed E-state index contributed by atoms with van der Waals surface area (Å²) in [7, 11) is 0. The Hall–Kier alpha value is -3.46. The summed E-state index contributed by atoms with van der Waals surface area (Å²) < 4.78 is 11.1. The molecule has 1 aromatic heterocycles. The number of hydrogen-bond acceptors (Lipinski definition) is 7. The van der Waals surface area contributed by atoms with E-state index in [4.69, 9.17) is 9.47 Å². The van der Waals surface area contributed by atoms with Crippen molar-refractivity contribution in [1.82, 2.24) is 4.98 Å². The molecule has 0 atom stereocenters. The van der Waals surface area contributed by atoms with Crippen LogP contribution in [0.15, 0.2) is 60.8 Å². The summed E-state index contributed by atoms with van der Waals surface area (Å²) >= 11 is 0.777. The van der Waals surface area contributed by atoms with Gasteiger partial charge in [-0.1, -0.05) is 24.3 Å². The van der Waals surface area contributed by atoms with E-state index in [0.717, 1.165) is 17.5 Å². The molecule has 26 heavy (non-hydrogen) atoms. The molecule has 0 bridgehead atoms. The SMILES string of the molecule is O=C(COc1cccc(Oc2ccccc2)c1)Nc1ncc([N+](=O)[O-])s1. The third-order valence-corrected chi connectivity index (χ3v) is 3.94. The van der Waals surface area contributed by atoms with Gasteiger partial charge in [0.1, 0.15) is 23.4 Å². The maximum Gasteiger partial charge on any atom is 0.345 e. The second kappa shape index (κ2) is 8.08. The lowest BCUT2D eigenvalue weighted by molar-refractivity contribution is -0.380. The minimum Gasteiger partial charge on any atom is -0.484 e. The molecule has 0 spiro atoms. The number of hydrogen-bond donors (Lipinski definition) is 1. The summed E-state index contributed by atoms with van der Waals surface area (Å²) in [4.78, 5) is 25.7. The third kappa shape index (κ3) is 4.77. The van der Waals surface area contributed by atoms with Crippen molar-refractivity contribution in [2.24, 2.45) is 0 Å². The average Bonchev–Trinajstić information content (AvgIpc) is 3.10. The van der Waals surface area contributed by atoms with E-state index in [0.29, 0.717) is 17.2 Å². The summed E-state index contributed by atoms with van der Waals surface area (Å²) in [6.45, 7) is -0.262. The second-order valence-corrected chi connectivity index (χ2v) is 6.00. The summed E-state index contributed by atoms with van der Waals surface area (Å²) in [5.74, 6) is 1.25. The minimum atomic E-state index is -0.567. The van der Waals surface area contributed by atoms with Crippen molar-refractivity contribution in [3.05, 3.63) is 70.9 Å². The first-order chi connectivity index (χ1) is 12.6. The first-order valence-electron chi connectivity index (χ1n) is 7.46. The number of thiazole rings is 1. The molecule has 0 aliphatic heterocycles. The standard InChI is InChI=1S/C17H13N3O5S/c21-15(19-17-18-10-16(26-17)20(22)23)11-24-13-7-4-8-14(9-13)25-12-5-2-1-3-6-12/h1-10H,11H2,(H,18,19,21). The van der Waals surface area contributed by atoms with Gasteiger partial charge in [0.2, 0.25) is 0 Å². The molecule has 3 rings (SSSR count). The van der Waals surface area contributed by atoms with Gasteiger partial charge in [0.25, 0.3) is 5.91 Å². The molecular weight excluding hydrogens is 358 g/mol. The Balaban J connectivity index is 1.54. The lowest BCUT2D eigenvalue weighted by atomic mass is 10.3. The predicted octanol–water partition coefficient (Wildman–Crippen LogP) is 3.86. The van der Waals surface area contributed by atoms with Crippen molar-refractivity contribution in [3.8, 4) is 17.2 Å². The fourth-order valence-electron chi connectivity index (χ4n) is 1.96. The zero-order chi connectivity index (χ0) is 18.4. The molecule has 0 aliphatic rings. The fraction of sp³-hybridized carbons (Fsp3) is 0.0588. The van der Waals surface area contributed by atoms with Gasteiger partial charge in [0.15, 0.2) is 11.7 Å². The van der Waals surface area contributed by atoms with E-state index in [1.54, 1.807) is 24.3 Å². The number of aromatic nitrogens is 1. The lowest BCUT2D eigenvalue weighted by Crippen LogP contribution is -2.19. The topological polar surface area (TPSA) is 104 Å². The minimum absolute atomic E-state index is 0.145. The lowest BCUT2D eigenvalue weighted by Gasteiger charge is -2.09. The largest absolute Gasteiger partial charge is 0.484 e. The number of amides is 1. The summed E-state index contributed by atoms with van der Waals surface area (Å²) in [6.07, 6.45) is 1.09. The summed E-state index contributed by atoms with van der Waals surface area (Å²) in [5.41, 5.74) is 0. The van der Waals surface area contributed by atoms with Crippen LogP contribution in [0.25, 0.3) is 0 Å². The number of benzene rings is 2.